The maximum atomic E-state index is 14.6. The number of carboxylic acids is 1. The van der Waals surface area contributed by atoms with Crippen molar-refractivity contribution in [3.63, 3.8) is 0 Å². The minimum absolute atomic E-state index is 0.124. The molecule has 0 spiro atoms. The number of nitrogens with zero attached hydrogens (tertiary/aromatic N) is 2. The number of aromatic hydroxyl groups is 1. The van der Waals surface area contributed by atoms with Crippen LogP contribution in [0.5, 0.6) is 5.75 Å². The fourth-order valence-electron chi connectivity index (χ4n) is 11.9. The Balaban J connectivity index is 1.37. The molecule has 5 rings (SSSR count). The highest BCUT2D eigenvalue weighted by Crippen LogP contribution is 2.41. The lowest BCUT2D eigenvalue weighted by Gasteiger charge is -2.49. The predicted octanol–water partition coefficient (Wildman–Crippen LogP) is 6.16. The van der Waals surface area contributed by atoms with Crippen LogP contribution < -0.4 is 0 Å². The Hall–Kier alpha value is -3.34. The number of ether oxygens (including phenoxy) is 8. The Labute approximate surface area is 445 Å². The molecule has 3 aliphatic heterocycles. The van der Waals surface area contributed by atoms with Crippen LogP contribution in [0, 0.1) is 17.8 Å². The van der Waals surface area contributed by atoms with Crippen LogP contribution in [-0.4, -0.2) is 197 Å². The van der Waals surface area contributed by atoms with E-state index in [1.807, 2.05) is 96.8 Å². The molecule has 0 aliphatic carbocycles. The summed E-state index contributed by atoms with van der Waals surface area (Å²) in [6.07, 6.45) is -2.92. The summed E-state index contributed by atoms with van der Waals surface area (Å²) < 4.78 is 51.3. The van der Waals surface area contributed by atoms with Gasteiger partial charge >= 0.3 is 11.9 Å². The summed E-state index contributed by atoms with van der Waals surface area (Å²) in [7, 11) is 7.19. The van der Waals surface area contributed by atoms with Crippen LogP contribution in [0.2, 0.25) is 0 Å². The molecule has 0 saturated carbocycles. The normalized spacial score (nSPS) is 38.1. The van der Waals surface area contributed by atoms with Gasteiger partial charge in [-0.05, 0) is 130 Å². The van der Waals surface area contributed by atoms with Crippen LogP contribution in [0.25, 0.3) is 16.8 Å². The third kappa shape index (κ3) is 14.9. The second-order valence-corrected chi connectivity index (χ2v) is 22.8. The quantitative estimate of drug-likeness (QED) is 0.0768. The number of carbonyl (C=O) groups is 2. The Morgan fingerprint density at radius 3 is 2.27 bits per heavy atom. The van der Waals surface area contributed by atoms with Gasteiger partial charge in [-0.2, -0.15) is 0 Å². The summed E-state index contributed by atoms with van der Waals surface area (Å²) in [5.74, 6) is -4.17. The molecule has 6 N–H and O–H groups in total. The summed E-state index contributed by atoms with van der Waals surface area (Å²) >= 11 is 0. The van der Waals surface area contributed by atoms with Crippen LogP contribution >= 0.6 is 0 Å². The van der Waals surface area contributed by atoms with Crippen LogP contribution in [0.15, 0.2) is 30.3 Å². The van der Waals surface area contributed by atoms with E-state index in [2.05, 4.69) is 0 Å². The Morgan fingerprint density at radius 2 is 1.64 bits per heavy atom. The maximum absolute atomic E-state index is 14.6. The van der Waals surface area contributed by atoms with Crippen molar-refractivity contribution >= 4 is 28.8 Å². The van der Waals surface area contributed by atoms with Crippen LogP contribution in [-0.2, 0) is 49.1 Å². The summed E-state index contributed by atoms with van der Waals surface area (Å²) in [6.45, 7) is 21.0. The molecule has 75 heavy (non-hydrogen) atoms. The summed E-state index contributed by atoms with van der Waals surface area (Å²) in [6, 6.07) is 6.26. The van der Waals surface area contributed by atoms with E-state index >= 15 is 0 Å². The second-order valence-electron chi connectivity index (χ2n) is 22.8. The molecule has 3 aliphatic rings. The molecule has 0 amide bonds. The zero-order valence-electron chi connectivity index (χ0n) is 47.4. The molecular weight excluding hydrogens is 969 g/mol. The molecule has 2 aromatic rings. The van der Waals surface area contributed by atoms with Crippen molar-refractivity contribution in [3.05, 3.63) is 47.0 Å². The van der Waals surface area contributed by atoms with Crippen molar-refractivity contribution in [2.45, 2.75) is 205 Å². The molecule has 426 valence electrons. The Bertz CT molecular complexity index is 2210. The standard InChI is InChI=1S/C57H92N2O16/c1-16-19-39-28-42(52(63)64)46(60)41-27-38(21-22-40(39)41)20-18-23-69-24-25-70-51-37(8)72-45(30-56(51,10)68-15)74-48-34(5)50(75-54-47(61)43(58(12)13)26-33(4)71-54)55(9,66)29-32(3)31-59(14)36(7)49(62)57(11,67)44(17-2)73-53(65)35(48)6/h18,20-22,27-28,32-37,43-45,47-51,54,60-62,66-67H,16-17,19,23-26,29-31H2,1-15H3,(H,63,64)/b20-18+/t32-,33-,34+,35-,36-,37+,43+,44-,45?,47-,48+,49+,50-,51+,54+,55-,56-,57-/m1/s1. The number of carbonyl (C=O) groups excluding carboxylic acids is 1. The van der Waals surface area contributed by atoms with Crippen molar-refractivity contribution in [1.29, 1.82) is 0 Å². The lowest BCUT2D eigenvalue weighted by atomic mass is 9.77. The molecule has 0 bridgehead atoms. The fourth-order valence-corrected chi connectivity index (χ4v) is 11.9. The lowest BCUT2D eigenvalue weighted by Crippen LogP contribution is -2.61. The second kappa shape index (κ2) is 26.5. The first kappa shape index (κ1) is 62.5. The van der Waals surface area contributed by atoms with E-state index in [1.54, 1.807) is 46.9 Å². The van der Waals surface area contributed by atoms with Gasteiger partial charge in [0.2, 0.25) is 0 Å². The van der Waals surface area contributed by atoms with E-state index in [9.17, 15) is 40.2 Å². The van der Waals surface area contributed by atoms with Gasteiger partial charge in [0.15, 0.2) is 12.6 Å². The largest absolute Gasteiger partial charge is 0.506 e. The number of fused-ring (bicyclic) bond motifs is 1. The van der Waals surface area contributed by atoms with Crippen molar-refractivity contribution < 1.29 is 78.1 Å². The first-order valence-corrected chi connectivity index (χ1v) is 27.0. The molecule has 3 heterocycles. The number of hydrogen-bond acceptors (Lipinski definition) is 17. The third-order valence-corrected chi connectivity index (χ3v) is 16.2. The number of aliphatic hydroxyl groups excluding tert-OH is 2. The monoisotopic (exact) mass is 1060 g/mol. The molecule has 1 unspecified atom stereocenters. The number of aromatic carboxylic acids is 1. The number of benzene rings is 2. The van der Waals surface area contributed by atoms with Gasteiger partial charge < -0.3 is 78.3 Å². The van der Waals surface area contributed by atoms with Gasteiger partial charge in [0.05, 0.1) is 61.4 Å². The highest BCUT2D eigenvalue weighted by atomic mass is 16.7. The zero-order valence-corrected chi connectivity index (χ0v) is 47.4. The van der Waals surface area contributed by atoms with Crippen LogP contribution in [0.1, 0.15) is 130 Å². The van der Waals surface area contributed by atoms with Gasteiger partial charge in [-0.3, -0.25) is 4.79 Å². The summed E-state index contributed by atoms with van der Waals surface area (Å²) in [5.41, 5.74) is -2.89. The SMILES string of the molecule is CCCc1cc(C(=O)O)c(O)c2cc(/C=C/COCCO[C@H]3[C@H](C)OC(O[C@H]4[C@H](C)[C@@H](O[C@@H]5O[C@H](C)C[C@H](N(C)C)[C@H]5O)[C@](C)(O)C[C@@H](C)CN(C)[C@H](C)[C@H](O)[C@](C)(O)[C@@H](CC)OC(=O)[C@@H]4C)C[C@@]3(C)OC)ccc12. The molecule has 18 heteroatoms. The number of methoxy groups -OCH3 is 1. The number of phenols is 1. The van der Waals surface area contributed by atoms with E-state index in [0.717, 1.165) is 22.9 Å². The van der Waals surface area contributed by atoms with E-state index in [4.69, 9.17) is 37.9 Å². The molecule has 3 saturated heterocycles. The van der Waals surface area contributed by atoms with Gasteiger partial charge in [0.1, 0.15) is 41.3 Å². The summed E-state index contributed by atoms with van der Waals surface area (Å²) in [5, 5.41) is 69.9. The number of esters is 1. The molecule has 0 radical (unpaired) electrons. The summed E-state index contributed by atoms with van der Waals surface area (Å²) in [4.78, 5) is 30.3. The first-order valence-electron chi connectivity index (χ1n) is 27.0. The number of aliphatic hydroxyl groups is 4. The van der Waals surface area contributed by atoms with E-state index in [-0.39, 0.29) is 68.5 Å². The van der Waals surface area contributed by atoms with E-state index in [1.165, 1.54) is 6.92 Å². The molecule has 3 fully saturated rings. The number of hydrogen-bond donors (Lipinski definition) is 6. The highest BCUT2D eigenvalue weighted by Gasteiger charge is 2.53. The van der Waals surface area contributed by atoms with Crippen molar-refractivity contribution in [2.24, 2.45) is 17.8 Å². The smallest absolute Gasteiger partial charge is 0.339 e. The number of cyclic esters (lactones) is 1. The van der Waals surface area contributed by atoms with Gasteiger partial charge in [0.25, 0.3) is 0 Å². The van der Waals surface area contributed by atoms with E-state index in [0.29, 0.717) is 24.8 Å². The van der Waals surface area contributed by atoms with Crippen molar-refractivity contribution in [3.8, 4) is 5.75 Å². The number of carboxylic acid groups (broad SMARTS) is 1. The van der Waals surface area contributed by atoms with Gasteiger partial charge in [-0.1, -0.05) is 58.4 Å². The average Bonchev–Trinajstić information content (AvgIpc) is 3.34. The molecule has 2 aromatic carbocycles. The third-order valence-electron chi connectivity index (χ3n) is 16.2. The maximum Gasteiger partial charge on any atom is 0.339 e. The lowest BCUT2D eigenvalue weighted by molar-refractivity contribution is -0.321. The molecule has 18 atom stereocenters. The van der Waals surface area contributed by atoms with Crippen LogP contribution in [0.3, 0.4) is 0 Å². The van der Waals surface area contributed by atoms with Crippen molar-refractivity contribution in [2.75, 3.05) is 54.6 Å². The molecule has 18 nitrogen and oxygen atoms in total. The highest BCUT2D eigenvalue weighted by molar-refractivity contribution is 6.02. The fraction of sp³-hybridized carbons (Fsp3) is 0.754. The predicted molar refractivity (Wildman–Crippen MR) is 284 cm³/mol. The number of likely N-dealkylation sites (N-methyl/N-ethyl adjacent to an activating group) is 2. The first-order chi connectivity index (χ1) is 35.1. The average molecular weight is 1060 g/mol. The number of rotatable bonds is 17. The van der Waals surface area contributed by atoms with Gasteiger partial charge in [0, 0.05) is 43.5 Å². The van der Waals surface area contributed by atoms with Gasteiger partial charge in [-0.25, -0.2) is 4.79 Å². The molecule has 0 aromatic heterocycles. The zero-order chi connectivity index (χ0) is 55.9. The molecular formula is C57H92N2O16. The van der Waals surface area contributed by atoms with Gasteiger partial charge in [-0.15, -0.1) is 0 Å². The topological polar surface area (TPSA) is 236 Å². The van der Waals surface area contributed by atoms with Crippen LogP contribution in [0.4, 0.5) is 0 Å². The van der Waals surface area contributed by atoms with E-state index < -0.39 is 102 Å². The minimum Gasteiger partial charge on any atom is -0.506 e. The Kier molecular flexibility index (Phi) is 22.1. The number of aryl methyl sites for hydroxylation is 1. The van der Waals surface area contributed by atoms with Crippen molar-refractivity contribution in [1.82, 2.24) is 9.80 Å². The Morgan fingerprint density at radius 1 is 0.947 bits per heavy atom. The minimum atomic E-state index is -1.84.